The number of nitrogens with one attached hydrogen (secondary N) is 1. The standard InChI is InChI=1S/C29H42N4O3S/c1-28(2,3)36-27(35)33-12-8-18(9-13-33)25(34)31-26-30-22-17-21-19(16-24(22)37-26)15-23-20-7-5-6-10-29(20,21)11-14-32(23)4/h16-18,20,23,25,34H,5-15H2,1-4H3,(H,30,31)/t20-,23+,25?,29+/m0/s1. The Morgan fingerprint density at radius 1 is 1.19 bits per heavy atom. The van der Waals surface area contributed by atoms with E-state index >= 15 is 0 Å². The van der Waals surface area contributed by atoms with E-state index in [1.165, 1.54) is 48.9 Å². The molecule has 0 spiro atoms. The van der Waals surface area contributed by atoms with Gasteiger partial charge in [0.05, 0.1) is 10.2 Å². The van der Waals surface area contributed by atoms with Crippen LogP contribution in [-0.4, -0.2) is 70.5 Å². The molecule has 8 heteroatoms. The third-order valence-electron chi connectivity index (χ3n) is 9.53. The number of carbonyl (C=O) groups is 1. The summed E-state index contributed by atoms with van der Waals surface area (Å²) in [5.74, 6) is 0.852. The molecule has 6 rings (SSSR count). The molecule has 3 heterocycles. The number of aliphatic hydroxyl groups is 1. The summed E-state index contributed by atoms with van der Waals surface area (Å²) in [7, 11) is 2.32. The Balaban J connectivity index is 1.16. The molecule has 202 valence electrons. The number of nitrogens with zero attached hydrogens (tertiary/aromatic N) is 3. The number of fused-ring (bicyclic) bond motifs is 2. The average molecular weight is 527 g/mol. The number of rotatable bonds is 3. The van der Waals surface area contributed by atoms with Crippen LogP contribution in [0.15, 0.2) is 12.1 Å². The molecule has 2 saturated heterocycles. The van der Waals surface area contributed by atoms with Gasteiger partial charge in [-0.2, -0.15) is 0 Å². The number of likely N-dealkylation sites (tertiary alicyclic amines) is 2. The fourth-order valence-corrected chi connectivity index (χ4v) is 8.60. The molecule has 1 aromatic heterocycles. The number of amides is 1. The normalized spacial score (nSPS) is 29.5. The highest BCUT2D eigenvalue weighted by Gasteiger charge is 2.53. The molecule has 2 aromatic rings. The SMILES string of the molecule is CN1CC[C@]23CCCC[C@H]2[C@H]1Cc1cc2sc(NC(O)C4CCN(C(=O)OC(C)(C)C)CC4)nc2cc13. The van der Waals surface area contributed by atoms with E-state index < -0.39 is 11.8 Å². The van der Waals surface area contributed by atoms with Crippen molar-refractivity contribution in [2.24, 2.45) is 11.8 Å². The Bertz CT molecular complexity index is 1170. The van der Waals surface area contributed by atoms with Crippen LogP contribution in [0, 0.1) is 11.8 Å². The van der Waals surface area contributed by atoms with E-state index in [1.54, 1.807) is 21.8 Å². The fraction of sp³-hybridized carbons (Fsp3) is 0.724. The van der Waals surface area contributed by atoms with Gasteiger partial charge in [-0.3, -0.25) is 0 Å². The number of aromatic nitrogens is 1. The summed E-state index contributed by atoms with van der Waals surface area (Å²) in [4.78, 5) is 21.7. The molecule has 2 bridgehead atoms. The van der Waals surface area contributed by atoms with Crippen LogP contribution in [0.3, 0.4) is 0 Å². The van der Waals surface area contributed by atoms with Gasteiger partial charge < -0.3 is 25.0 Å². The molecule has 1 amide bonds. The van der Waals surface area contributed by atoms with E-state index in [0.29, 0.717) is 24.5 Å². The second-order valence-electron chi connectivity index (χ2n) is 12.9. The van der Waals surface area contributed by atoms with Gasteiger partial charge >= 0.3 is 6.09 Å². The van der Waals surface area contributed by atoms with Crippen LogP contribution < -0.4 is 5.32 Å². The van der Waals surface area contributed by atoms with Gasteiger partial charge in [0.2, 0.25) is 0 Å². The lowest BCUT2D eigenvalue weighted by Gasteiger charge is -2.58. The third kappa shape index (κ3) is 4.63. The molecule has 2 aliphatic carbocycles. The number of thiazole rings is 1. The monoisotopic (exact) mass is 526 g/mol. The van der Waals surface area contributed by atoms with Crippen LogP contribution in [0.2, 0.25) is 0 Å². The molecule has 4 aliphatic rings. The number of piperidine rings is 2. The minimum atomic E-state index is -0.676. The van der Waals surface area contributed by atoms with Crippen LogP contribution >= 0.6 is 11.3 Å². The Morgan fingerprint density at radius 2 is 1.97 bits per heavy atom. The number of aliphatic hydroxyl groups excluding tert-OH is 1. The Labute approximate surface area is 224 Å². The quantitative estimate of drug-likeness (QED) is 0.524. The summed E-state index contributed by atoms with van der Waals surface area (Å²) in [5.41, 5.74) is 3.99. The smallest absolute Gasteiger partial charge is 0.410 e. The van der Waals surface area contributed by atoms with Crippen molar-refractivity contribution >= 4 is 32.8 Å². The first-order chi connectivity index (χ1) is 17.6. The van der Waals surface area contributed by atoms with Gasteiger partial charge in [0.1, 0.15) is 11.8 Å². The van der Waals surface area contributed by atoms with Crippen molar-refractivity contribution in [2.75, 3.05) is 32.0 Å². The summed E-state index contributed by atoms with van der Waals surface area (Å²) in [6.45, 7) is 8.06. The second kappa shape index (κ2) is 9.38. The first-order valence-electron chi connectivity index (χ1n) is 14.2. The Hall–Kier alpha value is -1.90. The molecule has 2 aliphatic heterocycles. The van der Waals surface area contributed by atoms with Crippen LogP contribution in [-0.2, 0) is 16.6 Å². The Morgan fingerprint density at radius 3 is 2.73 bits per heavy atom. The highest BCUT2D eigenvalue weighted by Crippen LogP contribution is 2.56. The lowest BCUT2D eigenvalue weighted by Crippen LogP contribution is -2.59. The van der Waals surface area contributed by atoms with Gasteiger partial charge in [0, 0.05) is 30.5 Å². The van der Waals surface area contributed by atoms with Crippen LogP contribution in [0.25, 0.3) is 10.2 Å². The Kier molecular flexibility index (Phi) is 6.44. The van der Waals surface area contributed by atoms with Gasteiger partial charge in [-0.1, -0.05) is 24.2 Å². The molecule has 1 saturated carbocycles. The predicted octanol–water partition coefficient (Wildman–Crippen LogP) is 5.36. The van der Waals surface area contributed by atoms with Gasteiger partial charge in [0.25, 0.3) is 0 Å². The molecule has 0 radical (unpaired) electrons. The number of anilines is 1. The van der Waals surface area contributed by atoms with E-state index in [0.717, 1.165) is 35.8 Å². The molecule has 37 heavy (non-hydrogen) atoms. The molecule has 1 unspecified atom stereocenters. The number of benzene rings is 1. The van der Waals surface area contributed by atoms with Crippen molar-refractivity contribution < 1.29 is 14.6 Å². The van der Waals surface area contributed by atoms with Crippen molar-refractivity contribution in [1.82, 2.24) is 14.8 Å². The zero-order valence-electron chi connectivity index (χ0n) is 22.8. The van der Waals surface area contributed by atoms with Crippen molar-refractivity contribution in [3.05, 3.63) is 23.3 Å². The number of likely N-dealkylation sites (N-methyl/N-ethyl adjacent to an activating group) is 1. The van der Waals surface area contributed by atoms with E-state index in [1.807, 2.05) is 20.8 Å². The maximum absolute atomic E-state index is 12.4. The van der Waals surface area contributed by atoms with Crippen LogP contribution in [0.1, 0.15) is 76.8 Å². The summed E-state index contributed by atoms with van der Waals surface area (Å²) in [6.07, 6.45) is 8.33. The second-order valence-corrected chi connectivity index (χ2v) is 13.9. The summed E-state index contributed by atoms with van der Waals surface area (Å²) in [6, 6.07) is 5.47. The van der Waals surface area contributed by atoms with Gasteiger partial charge in [0.15, 0.2) is 5.13 Å². The molecule has 4 atom stereocenters. The summed E-state index contributed by atoms with van der Waals surface area (Å²) >= 11 is 1.65. The molecule has 1 aromatic carbocycles. The van der Waals surface area contributed by atoms with Crippen molar-refractivity contribution in [3.63, 3.8) is 0 Å². The zero-order chi connectivity index (χ0) is 25.9. The van der Waals surface area contributed by atoms with Gasteiger partial charge in [-0.15, -0.1) is 0 Å². The number of hydrogen-bond acceptors (Lipinski definition) is 7. The molecule has 2 N–H and O–H groups in total. The van der Waals surface area contributed by atoms with Crippen LogP contribution in [0.5, 0.6) is 0 Å². The fourth-order valence-electron chi connectivity index (χ4n) is 7.66. The lowest BCUT2D eigenvalue weighted by atomic mass is 9.52. The van der Waals surface area contributed by atoms with E-state index in [2.05, 4.69) is 29.4 Å². The number of ether oxygens (including phenoxy) is 1. The predicted molar refractivity (Wildman–Crippen MR) is 148 cm³/mol. The van der Waals surface area contributed by atoms with Crippen LogP contribution in [0.4, 0.5) is 9.93 Å². The topological polar surface area (TPSA) is 77.9 Å². The highest BCUT2D eigenvalue weighted by atomic mass is 32.1. The minimum absolute atomic E-state index is 0.0792. The summed E-state index contributed by atoms with van der Waals surface area (Å²) < 4.78 is 6.71. The minimum Gasteiger partial charge on any atom is -0.444 e. The first-order valence-corrected chi connectivity index (χ1v) is 15.0. The average Bonchev–Trinajstić information content (AvgIpc) is 3.25. The van der Waals surface area contributed by atoms with E-state index in [4.69, 9.17) is 9.72 Å². The highest BCUT2D eigenvalue weighted by molar-refractivity contribution is 7.22. The maximum atomic E-state index is 12.4. The maximum Gasteiger partial charge on any atom is 0.410 e. The van der Waals surface area contributed by atoms with Gasteiger partial charge in [-0.25, -0.2) is 9.78 Å². The van der Waals surface area contributed by atoms with Crippen molar-refractivity contribution in [3.8, 4) is 0 Å². The van der Waals surface area contributed by atoms with Crippen molar-refractivity contribution in [1.29, 1.82) is 0 Å². The third-order valence-corrected chi connectivity index (χ3v) is 10.5. The molecule has 3 fully saturated rings. The first kappa shape index (κ1) is 25.4. The largest absolute Gasteiger partial charge is 0.444 e. The number of hydrogen-bond donors (Lipinski definition) is 2. The summed E-state index contributed by atoms with van der Waals surface area (Å²) in [5, 5.41) is 15.1. The van der Waals surface area contributed by atoms with E-state index in [9.17, 15) is 9.90 Å². The lowest BCUT2D eigenvalue weighted by molar-refractivity contribution is 0.00298. The van der Waals surface area contributed by atoms with Gasteiger partial charge in [-0.05, 0) is 102 Å². The molecule has 7 nitrogen and oxygen atoms in total. The zero-order valence-corrected chi connectivity index (χ0v) is 23.6. The molecular formula is C29H42N4O3S. The molecular weight excluding hydrogens is 484 g/mol. The van der Waals surface area contributed by atoms with Crippen molar-refractivity contribution in [2.45, 2.75) is 95.4 Å². The van der Waals surface area contributed by atoms with E-state index in [-0.39, 0.29) is 12.0 Å². The number of carbonyl (C=O) groups excluding carboxylic acids is 1.